The molecule has 0 heterocycles. The van der Waals surface area contributed by atoms with Crippen molar-refractivity contribution in [3.8, 4) is 24.2 Å². The summed E-state index contributed by atoms with van der Waals surface area (Å²) in [5.41, 5.74) is 4.14. The van der Waals surface area contributed by atoms with Crippen molar-refractivity contribution in [2.24, 2.45) is 29.6 Å². The van der Waals surface area contributed by atoms with E-state index in [1.54, 1.807) is 5.57 Å². The summed E-state index contributed by atoms with van der Waals surface area (Å²) in [6.07, 6.45) is 19.2. The SMILES string of the molecule is C#CC1=C2CCC3C4CCCC4CCC3C2C=C(C#CC)C1. The van der Waals surface area contributed by atoms with Crippen LogP contribution in [-0.4, -0.2) is 0 Å². The highest BCUT2D eigenvalue weighted by atomic mass is 14.5. The van der Waals surface area contributed by atoms with Gasteiger partial charge in [0.05, 0.1) is 0 Å². The van der Waals surface area contributed by atoms with Crippen molar-refractivity contribution in [2.75, 3.05) is 0 Å². The molecule has 5 atom stereocenters. The normalized spacial score (nSPS) is 39.6. The fourth-order valence-electron chi connectivity index (χ4n) is 6.09. The van der Waals surface area contributed by atoms with E-state index < -0.39 is 0 Å². The van der Waals surface area contributed by atoms with Crippen molar-refractivity contribution in [3.05, 3.63) is 22.8 Å². The predicted molar refractivity (Wildman–Crippen MR) is 91.8 cm³/mol. The fraction of sp³-hybridized carbons (Fsp3) is 0.636. The summed E-state index contributed by atoms with van der Waals surface area (Å²) in [6, 6.07) is 0. The molecule has 3 fully saturated rings. The van der Waals surface area contributed by atoms with Crippen LogP contribution >= 0.6 is 0 Å². The zero-order valence-corrected chi connectivity index (χ0v) is 13.7. The Morgan fingerprint density at radius 1 is 1.05 bits per heavy atom. The second-order valence-corrected chi connectivity index (χ2v) is 7.72. The molecule has 0 aromatic carbocycles. The van der Waals surface area contributed by atoms with Crippen LogP contribution in [0.25, 0.3) is 0 Å². The summed E-state index contributed by atoms with van der Waals surface area (Å²) in [5, 5.41) is 0. The van der Waals surface area contributed by atoms with Crippen LogP contribution in [0, 0.1) is 53.8 Å². The fourth-order valence-corrected chi connectivity index (χ4v) is 6.09. The van der Waals surface area contributed by atoms with Gasteiger partial charge in [0, 0.05) is 23.5 Å². The largest absolute Gasteiger partial charge is 0.115 e. The van der Waals surface area contributed by atoms with Crippen LogP contribution in [0.3, 0.4) is 0 Å². The molecule has 0 spiro atoms. The minimum atomic E-state index is 0.607. The molecule has 0 N–H and O–H groups in total. The smallest absolute Gasteiger partial charge is 0.0131 e. The van der Waals surface area contributed by atoms with Gasteiger partial charge >= 0.3 is 0 Å². The molecule has 0 amide bonds. The topological polar surface area (TPSA) is 0 Å². The minimum Gasteiger partial charge on any atom is -0.115 e. The van der Waals surface area contributed by atoms with Crippen molar-refractivity contribution in [2.45, 2.75) is 58.3 Å². The number of rotatable bonds is 0. The van der Waals surface area contributed by atoms with Gasteiger partial charge in [0.15, 0.2) is 0 Å². The lowest BCUT2D eigenvalue weighted by atomic mass is 9.56. The second-order valence-electron chi connectivity index (χ2n) is 7.72. The van der Waals surface area contributed by atoms with E-state index in [4.69, 9.17) is 6.42 Å². The Hall–Kier alpha value is -1.40. The monoisotopic (exact) mass is 290 g/mol. The van der Waals surface area contributed by atoms with Crippen molar-refractivity contribution in [1.29, 1.82) is 0 Å². The molecule has 0 nitrogen and oxygen atoms in total. The van der Waals surface area contributed by atoms with Crippen LogP contribution in [0.1, 0.15) is 58.3 Å². The number of hydrogen-bond donors (Lipinski definition) is 0. The number of fused-ring (bicyclic) bond motifs is 5. The lowest BCUT2D eigenvalue weighted by molar-refractivity contribution is 0.0668. The van der Waals surface area contributed by atoms with E-state index in [1.165, 1.54) is 56.1 Å². The molecule has 4 rings (SSSR count). The summed E-state index contributed by atoms with van der Waals surface area (Å²) in [5.74, 6) is 13.9. The molecular weight excluding hydrogens is 264 g/mol. The highest BCUT2D eigenvalue weighted by molar-refractivity contribution is 5.48. The maximum Gasteiger partial charge on any atom is 0.0131 e. The maximum atomic E-state index is 5.84. The summed E-state index contributed by atoms with van der Waals surface area (Å²) in [4.78, 5) is 0. The first-order valence-corrected chi connectivity index (χ1v) is 9.13. The standard InChI is InChI=1S/C22H26/c1-3-6-15-13-16(4-2)19-11-12-20-18-8-5-7-17(18)9-10-21(20)22(19)14-15/h2,14,17-18,20-22H,5,7-13H2,1H3. The van der Waals surface area contributed by atoms with Gasteiger partial charge in [0.25, 0.3) is 0 Å². The lowest BCUT2D eigenvalue weighted by Gasteiger charge is -2.48. The van der Waals surface area contributed by atoms with Gasteiger partial charge in [-0.2, -0.15) is 0 Å². The first-order valence-electron chi connectivity index (χ1n) is 9.13. The van der Waals surface area contributed by atoms with E-state index in [1.807, 2.05) is 6.92 Å². The van der Waals surface area contributed by atoms with Crippen molar-refractivity contribution in [3.63, 3.8) is 0 Å². The lowest BCUT2D eigenvalue weighted by Crippen LogP contribution is -2.40. The molecule has 0 bridgehead atoms. The summed E-state index contributed by atoms with van der Waals surface area (Å²) >= 11 is 0. The Kier molecular flexibility index (Phi) is 3.66. The highest BCUT2D eigenvalue weighted by Crippen LogP contribution is 2.56. The van der Waals surface area contributed by atoms with E-state index in [0.29, 0.717) is 5.92 Å². The Bertz CT molecular complexity index is 627. The summed E-state index contributed by atoms with van der Waals surface area (Å²) < 4.78 is 0. The van der Waals surface area contributed by atoms with Crippen LogP contribution in [0.2, 0.25) is 0 Å². The Morgan fingerprint density at radius 3 is 2.77 bits per heavy atom. The van der Waals surface area contributed by atoms with Crippen molar-refractivity contribution >= 4 is 0 Å². The summed E-state index contributed by atoms with van der Waals surface area (Å²) in [6.45, 7) is 1.93. The van der Waals surface area contributed by atoms with Gasteiger partial charge in [-0.15, -0.1) is 12.3 Å². The average Bonchev–Trinajstić information content (AvgIpc) is 3.03. The van der Waals surface area contributed by atoms with Gasteiger partial charge < -0.3 is 0 Å². The molecule has 0 saturated heterocycles. The van der Waals surface area contributed by atoms with Gasteiger partial charge in [-0.05, 0) is 62.7 Å². The molecule has 3 saturated carbocycles. The first kappa shape index (κ1) is 14.2. The van der Waals surface area contributed by atoms with Crippen LogP contribution in [0.15, 0.2) is 22.8 Å². The molecule has 0 radical (unpaired) electrons. The number of hydrogen-bond acceptors (Lipinski definition) is 0. The zero-order valence-electron chi connectivity index (χ0n) is 13.7. The third kappa shape index (κ3) is 2.16. The van der Waals surface area contributed by atoms with Gasteiger partial charge in [0.2, 0.25) is 0 Å². The third-order valence-electron chi connectivity index (χ3n) is 6.89. The highest BCUT2D eigenvalue weighted by Gasteiger charge is 2.47. The van der Waals surface area contributed by atoms with Crippen molar-refractivity contribution in [1.82, 2.24) is 0 Å². The molecule has 22 heavy (non-hydrogen) atoms. The zero-order chi connectivity index (χ0) is 15.1. The van der Waals surface area contributed by atoms with E-state index in [2.05, 4.69) is 23.8 Å². The molecular formula is C22H26. The average molecular weight is 290 g/mol. The molecule has 0 aliphatic heterocycles. The second kappa shape index (κ2) is 5.66. The Balaban J connectivity index is 1.69. The molecule has 0 heteroatoms. The molecule has 4 aliphatic carbocycles. The van der Waals surface area contributed by atoms with Crippen LogP contribution in [0.5, 0.6) is 0 Å². The van der Waals surface area contributed by atoms with E-state index in [9.17, 15) is 0 Å². The number of terminal acetylenes is 1. The number of allylic oxidation sites excluding steroid dienone is 4. The van der Waals surface area contributed by atoms with Crippen LogP contribution in [-0.2, 0) is 0 Å². The quantitative estimate of drug-likeness (QED) is 0.543. The molecule has 0 aromatic heterocycles. The van der Waals surface area contributed by atoms with Gasteiger partial charge in [-0.25, -0.2) is 0 Å². The summed E-state index contributed by atoms with van der Waals surface area (Å²) in [7, 11) is 0. The Labute approximate surface area is 135 Å². The van der Waals surface area contributed by atoms with Gasteiger partial charge in [-0.1, -0.05) is 36.3 Å². The van der Waals surface area contributed by atoms with E-state index >= 15 is 0 Å². The van der Waals surface area contributed by atoms with Gasteiger partial charge in [-0.3, -0.25) is 0 Å². The van der Waals surface area contributed by atoms with E-state index in [0.717, 1.165) is 30.1 Å². The first-order chi connectivity index (χ1) is 10.8. The molecule has 0 aromatic rings. The molecule has 114 valence electrons. The minimum absolute atomic E-state index is 0.607. The Morgan fingerprint density at radius 2 is 1.95 bits per heavy atom. The van der Waals surface area contributed by atoms with Gasteiger partial charge in [0.1, 0.15) is 0 Å². The van der Waals surface area contributed by atoms with Crippen molar-refractivity contribution < 1.29 is 0 Å². The van der Waals surface area contributed by atoms with Crippen LogP contribution < -0.4 is 0 Å². The molecule has 4 aliphatic rings. The van der Waals surface area contributed by atoms with E-state index in [-0.39, 0.29) is 0 Å². The predicted octanol–water partition coefficient (Wildman–Crippen LogP) is 5.12. The molecule has 5 unspecified atom stereocenters. The maximum absolute atomic E-state index is 5.84. The van der Waals surface area contributed by atoms with Crippen LogP contribution in [0.4, 0.5) is 0 Å². The third-order valence-corrected chi connectivity index (χ3v) is 6.89.